The molecule has 14 heavy (non-hydrogen) atoms. The Bertz CT molecular complexity index is 336. The molecule has 1 nitrogen and oxygen atoms in total. The predicted octanol–water partition coefficient (Wildman–Crippen LogP) is 3.23. The molecule has 0 aromatic heterocycles. The Morgan fingerprint density at radius 2 is 2.21 bits per heavy atom. The van der Waals surface area contributed by atoms with Gasteiger partial charge in [-0.05, 0) is 30.5 Å². The summed E-state index contributed by atoms with van der Waals surface area (Å²) in [5.41, 5.74) is 6.24. The van der Waals surface area contributed by atoms with Crippen LogP contribution in [0.15, 0.2) is 24.3 Å². The van der Waals surface area contributed by atoms with Crippen molar-refractivity contribution in [2.24, 2.45) is 5.73 Å². The van der Waals surface area contributed by atoms with Crippen LogP contribution in [0.5, 0.6) is 0 Å². The summed E-state index contributed by atoms with van der Waals surface area (Å²) in [4.78, 5) is 0. The topological polar surface area (TPSA) is 26.0 Å². The predicted molar refractivity (Wildman–Crippen MR) is 56.1 cm³/mol. The van der Waals surface area contributed by atoms with E-state index in [2.05, 4.69) is 0 Å². The minimum atomic E-state index is -0.985. The molecule has 2 rings (SSSR count). The lowest BCUT2D eigenvalue weighted by atomic mass is 10.0. The second-order valence-corrected chi connectivity index (χ2v) is 4.53. The van der Waals surface area contributed by atoms with Crippen LogP contribution in [-0.2, 0) is 0 Å². The molecule has 0 saturated heterocycles. The molecule has 76 valence electrons. The molecule has 1 aliphatic carbocycles. The van der Waals surface area contributed by atoms with Gasteiger partial charge in [0.2, 0.25) is 0 Å². The van der Waals surface area contributed by atoms with Gasteiger partial charge in [-0.25, -0.2) is 4.39 Å². The second-order valence-electron chi connectivity index (χ2n) is 4.09. The molecular formula is C11H13ClFN. The summed E-state index contributed by atoms with van der Waals surface area (Å²) in [6.07, 6.45) is 1.30. The van der Waals surface area contributed by atoms with Crippen LogP contribution in [0.2, 0.25) is 5.02 Å². The average molecular weight is 214 g/mol. The monoisotopic (exact) mass is 213 g/mol. The van der Waals surface area contributed by atoms with Crippen molar-refractivity contribution in [3.8, 4) is 0 Å². The average Bonchev–Trinajstić information content (AvgIpc) is 2.83. The molecule has 1 aromatic rings. The molecule has 1 saturated carbocycles. The molecule has 1 aliphatic rings. The number of halogens is 2. The third-order valence-corrected chi connectivity index (χ3v) is 2.92. The fourth-order valence-corrected chi connectivity index (χ4v) is 1.74. The van der Waals surface area contributed by atoms with Crippen LogP contribution in [0.4, 0.5) is 4.39 Å². The number of hydrogen-bond acceptors (Lipinski definition) is 1. The Morgan fingerprint density at radius 1 is 1.50 bits per heavy atom. The zero-order chi connectivity index (χ0) is 10.2. The van der Waals surface area contributed by atoms with E-state index in [-0.39, 0.29) is 5.54 Å². The number of nitrogens with two attached hydrogens (primary N) is 1. The Labute approximate surface area is 88.1 Å². The highest BCUT2D eigenvalue weighted by Crippen LogP contribution is 2.41. The van der Waals surface area contributed by atoms with Gasteiger partial charge in [-0.3, -0.25) is 0 Å². The van der Waals surface area contributed by atoms with Gasteiger partial charge in [0, 0.05) is 17.0 Å². The van der Waals surface area contributed by atoms with Crippen LogP contribution in [0, 0.1) is 0 Å². The van der Waals surface area contributed by atoms with Crippen molar-refractivity contribution in [2.45, 2.75) is 31.0 Å². The van der Waals surface area contributed by atoms with Crippen molar-refractivity contribution in [2.75, 3.05) is 0 Å². The molecule has 0 bridgehead atoms. The van der Waals surface area contributed by atoms with Gasteiger partial charge in [-0.15, -0.1) is 0 Å². The summed E-state index contributed by atoms with van der Waals surface area (Å²) in [7, 11) is 0. The van der Waals surface area contributed by atoms with E-state index >= 15 is 0 Å². The number of rotatable bonds is 3. The van der Waals surface area contributed by atoms with Crippen LogP contribution in [-0.4, -0.2) is 5.54 Å². The first kappa shape index (κ1) is 9.94. The third kappa shape index (κ3) is 2.25. The van der Waals surface area contributed by atoms with Gasteiger partial charge in [0.1, 0.15) is 6.17 Å². The van der Waals surface area contributed by atoms with E-state index in [1.54, 1.807) is 24.3 Å². The van der Waals surface area contributed by atoms with Crippen molar-refractivity contribution in [1.82, 2.24) is 0 Å². The van der Waals surface area contributed by atoms with E-state index in [0.29, 0.717) is 17.0 Å². The highest BCUT2D eigenvalue weighted by Gasteiger charge is 2.40. The quantitative estimate of drug-likeness (QED) is 0.820. The van der Waals surface area contributed by atoms with E-state index in [0.717, 1.165) is 12.8 Å². The number of benzene rings is 1. The largest absolute Gasteiger partial charge is 0.325 e. The molecule has 1 atom stereocenters. The summed E-state index contributed by atoms with van der Waals surface area (Å²) < 4.78 is 13.7. The molecule has 0 heterocycles. The molecule has 1 unspecified atom stereocenters. The molecule has 1 aromatic carbocycles. The van der Waals surface area contributed by atoms with Crippen LogP contribution in [0.1, 0.15) is 31.0 Å². The smallest absolute Gasteiger partial charge is 0.127 e. The van der Waals surface area contributed by atoms with Crippen LogP contribution in [0.3, 0.4) is 0 Å². The Hall–Kier alpha value is -0.600. The van der Waals surface area contributed by atoms with Crippen LogP contribution < -0.4 is 5.73 Å². The fourth-order valence-electron chi connectivity index (χ4n) is 1.54. The van der Waals surface area contributed by atoms with Gasteiger partial charge in [-0.2, -0.15) is 0 Å². The van der Waals surface area contributed by atoms with E-state index in [4.69, 9.17) is 17.3 Å². The van der Waals surface area contributed by atoms with Gasteiger partial charge in [0.05, 0.1) is 0 Å². The standard InChI is InChI=1S/C11H13ClFN/c12-9-3-1-2-8(6-9)10(13)7-11(14)4-5-11/h1-3,6,10H,4-5,7,14H2. The lowest BCUT2D eigenvalue weighted by molar-refractivity contribution is 0.296. The lowest BCUT2D eigenvalue weighted by Gasteiger charge is -2.13. The van der Waals surface area contributed by atoms with Gasteiger partial charge in [0.25, 0.3) is 0 Å². The summed E-state index contributed by atoms with van der Waals surface area (Å²) >= 11 is 5.78. The van der Waals surface area contributed by atoms with E-state index < -0.39 is 6.17 Å². The second kappa shape index (κ2) is 3.52. The highest BCUT2D eigenvalue weighted by molar-refractivity contribution is 6.30. The molecule has 0 amide bonds. The maximum Gasteiger partial charge on any atom is 0.127 e. The summed E-state index contributed by atoms with van der Waals surface area (Å²) in [5, 5.41) is 0.576. The zero-order valence-corrected chi connectivity index (χ0v) is 8.60. The molecule has 2 N–H and O–H groups in total. The normalized spacial score (nSPS) is 20.5. The fraction of sp³-hybridized carbons (Fsp3) is 0.455. The van der Waals surface area contributed by atoms with Crippen molar-refractivity contribution in [3.05, 3.63) is 34.9 Å². The maximum absolute atomic E-state index is 13.7. The first-order chi connectivity index (χ1) is 6.59. The van der Waals surface area contributed by atoms with Crippen molar-refractivity contribution < 1.29 is 4.39 Å². The van der Waals surface area contributed by atoms with Crippen LogP contribution in [0.25, 0.3) is 0 Å². The van der Waals surface area contributed by atoms with Gasteiger partial charge in [-0.1, -0.05) is 23.7 Å². The first-order valence-electron chi connectivity index (χ1n) is 4.77. The summed E-state index contributed by atoms with van der Waals surface area (Å²) in [6.45, 7) is 0. The van der Waals surface area contributed by atoms with Crippen LogP contribution >= 0.6 is 11.6 Å². The molecule has 1 fully saturated rings. The molecule has 0 radical (unpaired) electrons. The lowest BCUT2D eigenvalue weighted by Crippen LogP contribution is -2.23. The van der Waals surface area contributed by atoms with Gasteiger partial charge < -0.3 is 5.73 Å². The Balaban J connectivity index is 2.06. The molecule has 0 aliphatic heterocycles. The Kier molecular flexibility index (Phi) is 2.50. The van der Waals surface area contributed by atoms with E-state index in [1.165, 1.54) is 0 Å². The molecule has 0 spiro atoms. The third-order valence-electron chi connectivity index (χ3n) is 2.69. The van der Waals surface area contributed by atoms with Crippen molar-refractivity contribution in [1.29, 1.82) is 0 Å². The summed E-state index contributed by atoms with van der Waals surface area (Å²) in [6, 6.07) is 6.92. The number of hydrogen-bond donors (Lipinski definition) is 1. The van der Waals surface area contributed by atoms with E-state index in [1.807, 2.05) is 0 Å². The minimum absolute atomic E-state index is 0.248. The molecular weight excluding hydrogens is 201 g/mol. The Morgan fingerprint density at radius 3 is 2.79 bits per heavy atom. The molecule has 3 heteroatoms. The minimum Gasteiger partial charge on any atom is -0.325 e. The van der Waals surface area contributed by atoms with Gasteiger partial charge in [0.15, 0.2) is 0 Å². The van der Waals surface area contributed by atoms with Crippen molar-refractivity contribution in [3.63, 3.8) is 0 Å². The zero-order valence-electron chi connectivity index (χ0n) is 7.84. The number of alkyl halides is 1. The maximum atomic E-state index is 13.7. The highest BCUT2D eigenvalue weighted by atomic mass is 35.5. The van der Waals surface area contributed by atoms with E-state index in [9.17, 15) is 4.39 Å². The first-order valence-corrected chi connectivity index (χ1v) is 5.15. The van der Waals surface area contributed by atoms with Crippen molar-refractivity contribution >= 4 is 11.6 Å². The SMILES string of the molecule is NC1(CC(F)c2cccc(Cl)c2)CC1. The summed E-state index contributed by atoms with van der Waals surface area (Å²) in [5.74, 6) is 0. The van der Waals surface area contributed by atoms with Gasteiger partial charge >= 0.3 is 0 Å².